The van der Waals surface area contributed by atoms with E-state index in [1.807, 2.05) is 0 Å². The Labute approximate surface area is 197 Å². The quantitative estimate of drug-likeness (QED) is 0.387. The molecule has 2 fully saturated rings. The molecule has 0 nitrogen and oxygen atoms in total. The van der Waals surface area contributed by atoms with Gasteiger partial charge in [0.25, 0.3) is 0 Å². The zero-order valence-corrected chi connectivity index (χ0v) is 20.1. The lowest BCUT2D eigenvalue weighted by atomic mass is 9.74. The third kappa shape index (κ3) is 5.93. The van der Waals surface area contributed by atoms with E-state index in [0.29, 0.717) is 10.6 Å². The highest BCUT2D eigenvalue weighted by atomic mass is 35.5. The van der Waals surface area contributed by atoms with Crippen molar-refractivity contribution in [1.82, 2.24) is 0 Å². The molecule has 0 N–H and O–H groups in total. The zero-order valence-electron chi connectivity index (χ0n) is 19.4. The molecule has 2 aliphatic carbocycles. The summed E-state index contributed by atoms with van der Waals surface area (Å²) in [5.41, 5.74) is 1.40. The molecule has 0 unspecified atom stereocenters. The fourth-order valence-corrected chi connectivity index (χ4v) is 6.32. The Morgan fingerprint density at radius 3 is 1.69 bits per heavy atom. The number of rotatable bonds is 7. The van der Waals surface area contributed by atoms with Gasteiger partial charge in [-0.25, -0.2) is 8.78 Å². The van der Waals surface area contributed by atoms with Crippen LogP contribution < -0.4 is 0 Å². The largest absolute Gasteiger partial charge is 0.206 e. The van der Waals surface area contributed by atoms with Crippen molar-refractivity contribution in [3.05, 3.63) is 58.6 Å². The van der Waals surface area contributed by atoms with E-state index in [1.54, 1.807) is 36.4 Å². The van der Waals surface area contributed by atoms with Crippen LogP contribution in [0.3, 0.4) is 0 Å². The summed E-state index contributed by atoms with van der Waals surface area (Å²) < 4.78 is 29.7. The van der Waals surface area contributed by atoms with Crippen molar-refractivity contribution < 1.29 is 8.78 Å². The monoisotopic (exact) mass is 458 g/mol. The molecule has 0 atom stereocenters. The minimum Gasteiger partial charge on any atom is -0.206 e. The molecule has 2 aromatic carbocycles. The summed E-state index contributed by atoms with van der Waals surface area (Å²) in [7, 11) is 0. The van der Waals surface area contributed by atoms with E-state index in [0.717, 1.165) is 36.2 Å². The minimum absolute atomic E-state index is 0.0489. The van der Waals surface area contributed by atoms with Gasteiger partial charge in [-0.3, -0.25) is 0 Å². The molecule has 0 saturated heterocycles. The summed E-state index contributed by atoms with van der Waals surface area (Å²) in [5.74, 6) is 2.05. The van der Waals surface area contributed by atoms with Crippen molar-refractivity contribution in [3.63, 3.8) is 0 Å². The number of hydrogen-bond acceptors (Lipinski definition) is 0. The highest BCUT2D eigenvalue weighted by Gasteiger charge is 2.26. The van der Waals surface area contributed by atoms with Gasteiger partial charge in [-0.1, -0.05) is 82.0 Å². The molecule has 2 aliphatic rings. The van der Waals surface area contributed by atoms with Crippen LogP contribution in [0.1, 0.15) is 95.5 Å². The highest BCUT2D eigenvalue weighted by molar-refractivity contribution is 6.30. The second-order valence-electron chi connectivity index (χ2n) is 10.3. The third-order valence-electron chi connectivity index (χ3n) is 8.16. The van der Waals surface area contributed by atoms with E-state index < -0.39 is 11.6 Å². The first-order chi connectivity index (χ1) is 15.5. The van der Waals surface area contributed by atoms with E-state index >= 15 is 0 Å². The molecule has 0 aliphatic heterocycles. The first-order valence-corrected chi connectivity index (χ1v) is 13.2. The molecule has 0 bridgehead atoms. The Hall–Kier alpha value is -1.41. The van der Waals surface area contributed by atoms with E-state index in [9.17, 15) is 8.78 Å². The van der Waals surface area contributed by atoms with Gasteiger partial charge in [0.2, 0.25) is 0 Å². The van der Waals surface area contributed by atoms with E-state index in [2.05, 4.69) is 6.92 Å². The molecule has 32 heavy (non-hydrogen) atoms. The molecule has 0 aromatic heterocycles. The van der Waals surface area contributed by atoms with Crippen LogP contribution in [-0.2, 0) is 0 Å². The van der Waals surface area contributed by atoms with Crippen molar-refractivity contribution in [2.24, 2.45) is 17.8 Å². The standard InChI is InChI=1S/C29H37ClF2/c1-2-3-20-4-6-21(7-5-20)8-9-22-10-12-23(13-11-22)25-18-27(31)29(28(32)19-25)24-14-16-26(30)17-15-24/h14-23H,2-13H2,1H3/t20-,21-,22-,23-. The van der Waals surface area contributed by atoms with Crippen LogP contribution in [0.4, 0.5) is 8.78 Å². The SMILES string of the molecule is CCC[C@H]1CC[C@H](CC[C@H]2CC[C@H](c3cc(F)c(-c4ccc(Cl)cc4)c(F)c3)CC2)CC1. The Kier molecular flexibility index (Phi) is 8.27. The minimum atomic E-state index is -0.469. The fourth-order valence-electron chi connectivity index (χ4n) is 6.19. The molecule has 3 heteroatoms. The Balaban J connectivity index is 1.28. The summed E-state index contributed by atoms with van der Waals surface area (Å²) >= 11 is 5.91. The second-order valence-corrected chi connectivity index (χ2v) is 10.8. The van der Waals surface area contributed by atoms with Gasteiger partial charge in [0, 0.05) is 5.02 Å². The predicted octanol–water partition coefficient (Wildman–Crippen LogP) is 9.95. The molecule has 0 radical (unpaired) electrons. The summed E-state index contributed by atoms with van der Waals surface area (Å²) in [6.07, 6.45) is 15.7. The third-order valence-corrected chi connectivity index (χ3v) is 8.41. The summed E-state index contributed by atoms with van der Waals surface area (Å²) in [6.45, 7) is 2.30. The van der Waals surface area contributed by atoms with Crippen molar-refractivity contribution in [1.29, 1.82) is 0 Å². The summed E-state index contributed by atoms with van der Waals surface area (Å²) in [6, 6.07) is 9.80. The lowest BCUT2D eigenvalue weighted by Gasteiger charge is -2.32. The van der Waals surface area contributed by atoms with Crippen molar-refractivity contribution in [2.45, 2.75) is 89.9 Å². The molecule has 0 heterocycles. The lowest BCUT2D eigenvalue weighted by Crippen LogP contribution is -2.18. The van der Waals surface area contributed by atoms with Gasteiger partial charge in [0.1, 0.15) is 11.6 Å². The molecule has 0 spiro atoms. The van der Waals surface area contributed by atoms with E-state index in [1.165, 1.54) is 64.2 Å². The number of benzene rings is 2. The Bertz CT molecular complexity index is 836. The highest BCUT2D eigenvalue weighted by Crippen LogP contribution is 2.41. The summed E-state index contributed by atoms with van der Waals surface area (Å²) in [4.78, 5) is 0. The average molecular weight is 459 g/mol. The maximum Gasteiger partial charge on any atom is 0.134 e. The van der Waals surface area contributed by atoms with Gasteiger partial charge < -0.3 is 0 Å². The molecule has 2 aromatic rings. The Morgan fingerprint density at radius 1 is 0.719 bits per heavy atom. The molecule has 2 saturated carbocycles. The predicted molar refractivity (Wildman–Crippen MR) is 131 cm³/mol. The van der Waals surface area contributed by atoms with Crippen molar-refractivity contribution in [2.75, 3.05) is 0 Å². The smallest absolute Gasteiger partial charge is 0.134 e. The molecular weight excluding hydrogens is 422 g/mol. The molecule has 4 rings (SSSR count). The molecular formula is C29H37ClF2. The van der Waals surface area contributed by atoms with Crippen molar-refractivity contribution in [3.8, 4) is 11.1 Å². The average Bonchev–Trinajstić information content (AvgIpc) is 2.80. The fraction of sp³-hybridized carbons (Fsp3) is 0.586. The topological polar surface area (TPSA) is 0 Å². The van der Waals surface area contributed by atoms with E-state index in [-0.39, 0.29) is 11.5 Å². The van der Waals surface area contributed by atoms with Gasteiger partial charge in [0.05, 0.1) is 5.56 Å². The second kappa shape index (κ2) is 11.1. The maximum absolute atomic E-state index is 14.9. The van der Waals surface area contributed by atoms with Crippen LogP contribution in [0.15, 0.2) is 36.4 Å². The van der Waals surface area contributed by atoms with Gasteiger partial charge in [-0.05, 0) is 84.7 Å². The molecule has 174 valence electrons. The van der Waals surface area contributed by atoms with Gasteiger partial charge >= 0.3 is 0 Å². The number of halogens is 3. The van der Waals surface area contributed by atoms with Crippen LogP contribution >= 0.6 is 11.6 Å². The first kappa shape index (κ1) is 23.7. The van der Waals surface area contributed by atoms with Gasteiger partial charge in [-0.2, -0.15) is 0 Å². The van der Waals surface area contributed by atoms with Crippen LogP contribution in [0, 0.1) is 29.4 Å². The number of hydrogen-bond donors (Lipinski definition) is 0. The maximum atomic E-state index is 14.9. The zero-order chi connectivity index (χ0) is 22.5. The van der Waals surface area contributed by atoms with Gasteiger partial charge in [0.15, 0.2) is 0 Å². The molecule has 0 amide bonds. The van der Waals surface area contributed by atoms with Crippen LogP contribution in [0.25, 0.3) is 11.1 Å². The first-order valence-electron chi connectivity index (χ1n) is 12.8. The Morgan fingerprint density at radius 2 is 1.19 bits per heavy atom. The summed E-state index contributed by atoms with van der Waals surface area (Å²) in [5, 5.41) is 0.562. The van der Waals surface area contributed by atoms with E-state index in [4.69, 9.17) is 11.6 Å². The van der Waals surface area contributed by atoms with Crippen molar-refractivity contribution >= 4 is 11.6 Å². The van der Waals surface area contributed by atoms with Gasteiger partial charge in [-0.15, -0.1) is 0 Å². The van der Waals surface area contributed by atoms with Crippen LogP contribution in [-0.4, -0.2) is 0 Å². The van der Waals surface area contributed by atoms with Crippen LogP contribution in [0.2, 0.25) is 5.02 Å². The normalized spacial score (nSPS) is 26.2. The van der Waals surface area contributed by atoms with Crippen LogP contribution in [0.5, 0.6) is 0 Å². The lowest BCUT2D eigenvalue weighted by molar-refractivity contribution is 0.224.